The molecule has 0 bridgehead atoms. The summed E-state index contributed by atoms with van der Waals surface area (Å²) in [5, 5.41) is 0.619. The van der Waals surface area contributed by atoms with Gasteiger partial charge in [0.05, 0.1) is 17.4 Å². The third-order valence-electron chi connectivity index (χ3n) is 2.95. The summed E-state index contributed by atoms with van der Waals surface area (Å²) >= 11 is 5.82. The fourth-order valence-electron chi connectivity index (χ4n) is 2.03. The average molecular weight is 256 g/mol. The van der Waals surface area contributed by atoms with Gasteiger partial charge in [-0.3, -0.25) is 0 Å². The number of rotatable bonds is 3. The van der Waals surface area contributed by atoms with Gasteiger partial charge < -0.3 is 15.2 Å². The maximum absolute atomic E-state index is 5.84. The van der Waals surface area contributed by atoms with Gasteiger partial charge in [0.15, 0.2) is 0 Å². The molecule has 1 aliphatic heterocycles. The van der Waals surface area contributed by atoms with Crippen molar-refractivity contribution in [2.45, 2.75) is 38.4 Å². The number of anilines is 1. The molecule has 0 radical (unpaired) electrons. The predicted molar refractivity (Wildman–Crippen MR) is 69.5 cm³/mol. The van der Waals surface area contributed by atoms with Crippen molar-refractivity contribution in [3.63, 3.8) is 0 Å². The van der Waals surface area contributed by atoms with E-state index < -0.39 is 0 Å². The van der Waals surface area contributed by atoms with Crippen molar-refractivity contribution in [3.05, 3.63) is 23.2 Å². The number of hydrogen-bond donors (Lipinski definition) is 1. The fourth-order valence-corrected chi connectivity index (χ4v) is 2.21. The van der Waals surface area contributed by atoms with Gasteiger partial charge in [-0.1, -0.05) is 11.6 Å². The van der Waals surface area contributed by atoms with E-state index in [9.17, 15) is 0 Å². The molecule has 0 amide bonds. The SMILES string of the molecule is CC1(C)CCC(COc2ccc(Cl)cc2N)O1. The largest absolute Gasteiger partial charge is 0.489 e. The van der Waals surface area contributed by atoms with Crippen molar-refractivity contribution in [1.82, 2.24) is 0 Å². The summed E-state index contributed by atoms with van der Waals surface area (Å²) in [6.45, 7) is 4.74. The van der Waals surface area contributed by atoms with Gasteiger partial charge in [0.25, 0.3) is 0 Å². The Morgan fingerprint density at radius 3 is 2.88 bits per heavy atom. The molecule has 0 spiro atoms. The molecule has 2 rings (SSSR count). The van der Waals surface area contributed by atoms with Gasteiger partial charge in [-0.25, -0.2) is 0 Å². The molecule has 1 saturated heterocycles. The number of halogens is 1. The summed E-state index contributed by atoms with van der Waals surface area (Å²) in [5.74, 6) is 0.669. The first-order valence-electron chi connectivity index (χ1n) is 5.82. The van der Waals surface area contributed by atoms with E-state index in [4.69, 9.17) is 26.8 Å². The Morgan fingerprint density at radius 2 is 2.29 bits per heavy atom. The quantitative estimate of drug-likeness (QED) is 0.844. The van der Waals surface area contributed by atoms with E-state index in [1.165, 1.54) is 0 Å². The molecule has 2 N–H and O–H groups in total. The van der Waals surface area contributed by atoms with Gasteiger partial charge in [0, 0.05) is 5.02 Å². The molecule has 0 aliphatic carbocycles. The Labute approximate surface area is 107 Å². The van der Waals surface area contributed by atoms with E-state index >= 15 is 0 Å². The second-order valence-electron chi connectivity index (χ2n) is 5.03. The Kier molecular flexibility index (Phi) is 3.50. The molecule has 0 saturated carbocycles. The molecule has 3 nitrogen and oxygen atoms in total. The highest BCUT2D eigenvalue weighted by Crippen LogP contribution is 2.31. The first kappa shape index (κ1) is 12.5. The van der Waals surface area contributed by atoms with Crippen molar-refractivity contribution in [3.8, 4) is 5.75 Å². The number of ether oxygens (including phenoxy) is 2. The molecule has 17 heavy (non-hydrogen) atoms. The lowest BCUT2D eigenvalue weighted by Crippen LogP contribution is -2.24. The minimum absolute atomic E-state index is 0.0282. The molecule has 1 heterocycles. The number of hydrogen-bond acceptors (Lipinski definition) is 3. The molecular formula is C13H18ClNO2. The molecule has 1 aliphatic rings. The van der Waals surface area contributed by atoms with E-state index in [2.05, 4.69) is 13.8 Å². The smallest absolute Gasteiger partial charge is 0.142 e. The van der Waals surface area contributed by atoms with E-state index in [1.807, 2.05) is 0 Å². The number of nitrogen functional groups attached to an aromatic ring is 1. The van der Waals surface area contributed by atoms with Crippen LogP contribution in [0.3, 0.4) is 0 Å². The topological polar surface area (TPSA) is 44.5 Å². The van der Waals surface area contributed by atoms with Gasteiger partial charge in [-0.15, -0.1) is 0 Å². The Balaban J connectivity index is 1.90. The average Bonchev–Trinajstić information content (AvgIpc) is 2.57. The maximum atomic E-state index is 5.84. The van der Waals surface area contributed by atoms with Gasteiger partial charge in [-0.05, 0) is 44.9 Å². The summed E-state index contributed by atoms with van der Waals surface area (Å²) in [6.07, 6.45) is 2.25. The zero-order valence-electron chi connectivity index (χ0n) is 10.2. The van der Waals surface area contributed by atoms with Gasteiger partial charge in [-0.2, -0.15) is 0 Å². The third kappa shape index (κ3) is 3.27. The van der Waals surface area contributed by atoms with Gasteiger partial charge >= 0.3 is 0 Å². The lowest BCUT2D eigenvalue weighted by atomic mass is 10.1. The highest BCUT2D eigenvalue weighted by atomic mass is 35.5. The van der Waals surface area contributed by atoms with E-state index in [-0.39, 0.29) is 11.7 Å². The van der Waals surface area contributed by atoms with Crippen LogP contribution < -0.4 is 10.5 Å². The third-order valence-corrected chi connectivity index (χ3v) is 3.19. The summed E-state index contributed by atoms with van der Waals surface area (Å²) in [5.41, 5.74) is 6.35. The standard InChI is InChI=1S/C13H18ClNO2/c1-13(2)6-5-10(17-13)8-16-12-4-3-9(14)7-11(12)15/h3-4,7,10H,5-6,8,15H2,1-2H3. The van der Waals surface area contributed by atoms with Crippen LogP contribution >= 0.6 is 11.6 Å². The minimum Gasteiger partial charge on any atom is -0.489 e. The first-order chi connectivity index (χ1) is 7.96. The van der Waals surface area contributed by atoms with Crippen LogP contribution in [0.2, 0.25) is 5.02 Å². The molecule has 1 atom stereocenters. The predicted octanol–water partition coefficient (Wildman–Crippen LogP) is 3.26. The Bertz CT molecular complexity index is 406. The normalized spacial score (nSPS) is 22.6. The summed E-state index contributed by atoms with van der Waals surface area (Å²) < 4.78 is 11.5. The van der Waals surface area contributed by atoms with Crippen LogP contribution in [0.1, 0.15) is 26.7 Å². The van der Waals surface area contributed by atoms with E-state index in [0.717, 1.165) is 12.8 Å². The Morgan fingerprint density at radius 1 is 1.53 bits per heavy atom. The lowest BCUT2D eigenvalue weighted by molar-refractivity contribution is -0.0325. The number of nitrogens with two attached hydrogens (primary N) is 1. The highest BCUT2D eigenvalue weighted by molar-refractivity contribution is 6.30. The molecule has 4 heteroatoms. The number of benzene rings is 1. The fraction of sp³-hybridized carbons (Fsp3) is 0.538. The van der Waals surface area contributed by atoms with Crippen molar-refractivity contribution in [2.24, 2.45) is 0 Å². The minimum atomic E-state index is -0.0282. The van der Waals surface area contributed by atoms with Crippen molar-refractivity contribution >= 4 is 17.3 Å². The zero-order valence-corrected chi connectivity index (χ0v) is 11.0. The zero-order chi connectivity index (χ0) is 12.5. The van der Waals surface area contributed by atoms with Crippen LogP contribution in [0.4, 0.5) is 5.69 Å². The van der Waals surface area contributed by atoms with Crippen molar-refractivity contribution in [1.29, 1.82) is 0 Å². The van der Waals surface area contributed by atoms with Crippen molar-refractivity contribution in [2.75, 3.05) is 12.3 Å². The molecule has 0 aromatic heterocycles. The maximum Gasteiger partial charge on any atom is 0.142 e. The van der Waals surface area contributed by atoms with Crippen LogP contribution in [-0.4, -0.2) is 18.3 Å². The lowest BCUT2D eigenvalue weighted by Gasteiger charge is -2.19. The summed E-state index contributed by atoms with van der Waals surface area (Å²) in [7, 11) is 0. The summed E-state index contributed by atoms with van der Waals surface area (Å²) in [4.78, 5) is 0. The molecule has 1 fully saturated rings. The molecule has 1 aromatic carbocycles. The van der Waals surface area contributed by atoms with Crippen LogP contribution in [0.25, 0.3) is 0 Å². The van der Waals surface area contributed by atoms with Crippen LogP contribution in [-0.2, 0) is 4.74 Å². The van der Waals surface area contributed by atoms with Crippen molar-refractivity contribution < 1.29 is 9.47 Å². The van der Waals surface area contributed by atoms with Crippen LogP contribution in [0, 0.1) is 0 Å². The highest BCUT2D eigenvalue weighted by Gasteiger charge is 2.31. The molecular weight excluding hydrogens is 238 g/mol. The summed E-state index contributed by atoms with van der Waals surface area (Å²) in [6, 6.07) is 5.25. The molecule has 1 aromatic rings. The van der Waals surface area contributed by atoms with Gasteiger partial charge in [0.1, 0.15) is 12.4 Å². The Hall–Kier alpha value is -0.930. The molecule has 94 valence electrons. The van der Waals surface area contributed by atoms with E-state index in [1.54, 1.807) is 18.2 Å². The van der Waals surface area contributed by atoms with E-state index in [0.29, 0.717) is 23.1 Å². The molecule has 1 unspecified atom stereocenters. The monoisotopic (exact) mass is 255 g/mol. The second kappa shape index (κ2) is 4.75. The van der Waals surface area contributed by atoms with Gasteiger partial charge in [0.2, 0.25) is 0 Å². The van der Waals surface area contributed by atoms with Crippen LogP contribution in [0.5, 0.6) is 5.75 Å². The second-order valence-corrected chi connectivity index (χ2v) is 5.47. The van der Waals surface area contributed by atoms with Crippen LogP contribution in [0.15, 0.2) is 18.2 Å². The first-order valence-corrected chi connectivity index (χ1v) is 6.20.